The molecule has 0 bridgehead atoms. The van der Waals surface area contributed by atoms with E-state index < -0.39 is 0 Å². The highest BCUT2D eigenvalue weighted by molar-refractivity contribution is 5.87. The first-order valence-electron chi connectivity index (χ1n) is 7.07. The summed E-state index contributed by atoms with van der Waals surface area (Å²) < 4.78 is 5.62. The average molecular weight is 260 g/mol. The van der Waals surface area contributed by atoms with Crippen LogP contribution in [-0.2, 0) is 16.0 Å². The van der Waals surface area contributed by atoms with Gasteiger partial charge < -0.3 is 15.4 Å². The zero-order chi connectivity index (χ0) is 13.1. The Hall–Kier alpha value is -1.55. The molecule has 102 valence electrons. The largest absolute Gasteiger partial charge is 0.376 e. The summed E-state index contributed by atoms with van der Waals surface area (Å²) in [6.45, 7) is 1.46. The molecule has 1 fully saturated rings. The summed E-state index contributed by atoms with van der Waals surface area (Å²) in [5.74, 6) is 0.0744. The van der Waals surface area contributed by atoms with Crippen molar-refractivity contribution < 1.29 is 9.53 Å². The molecular formula is C15H20N2O2. The Morgan fingerprint density at radius 1 is 1.37 bits per heavy atom. The number of benzene rings is 1. The smallest absolute Gasteiger partial charge is 0.242 e. The standard InChI is InChI=1S/C15H20N2O2/c18-15(16-10-12-6-3-4-8-19-12)14-9-11-5-1-2-7-13(11)17-14/h1-2,5,7,12,14,17H,3-4,6,8-10H2,(H,16,18)/t12?,14-/m0/s1. The minimum absolute atomic E-state index is 0.0744. The maximum absolute atomic E-state index is 12.1. The summed E-state index contributed by atoms with van der Waals surface area (Å²) >= 11 is 0. The van der Waals surface area contributed by atoms with E-state index in [1.54, 1.807) is 0 Å². The number of amides is 1. The second-order valence-electron chi connectivity index (χ2n) is 5.29. The van der Waals surface area contributed by atoms with E-state index in [4.69, 9.17) is 4.74 Å². The van der Waals surface area contributed by atoms with Crippen molar-refractivity contribution in [2.75, 3.05) is 18.5 Å². The Morgan fingerprint density at radius 2 is 2.26 bits per heavy atom. The molecule has 0 saturated carbocycles. The van der Waals surface area contributed by atoms with E-state index in [1.807, 2.05) is 18.2 Å². The predicted octanol–water partition coefficient (Wildman–Crippen LogP) is 1.71. The molecule has 2 heterocycles. The molecule has 1 unspecified atom stereocenters. The number of ether oxygens (including phenoxy) is 1. The molecule has 19 heavy (non-hydrogen) atoms. The summed E-state index contributed by atoms with van der Waals surface area (Å²) in [6, 6.07) is 7.95. The lowest BCUT2D eigenvalue weighted by molar-refractivity contribution is -0.122. The van der Waals surface area contributed by atoms with Gasteiger partial charge in [-0.25, -0.2) is 0 Å². The van der Waals surface area contributed by atoms with Crippen molar-refractivity contribution in [1.82, 2.24) is 5.32 Å². The number of hydrogen-bond acceptors (Lipinski definition) is 3. The Balaban J connectivity index is 1.49. The number of anilines is 1. The van der Waals surface area contributed by atoms with E-state index in [2.05, 4.69) is 16.7 Å². The van der Waals surface area contributed by atoms with Crippen molar-refractivity contribution in [3.05, 3.63) is 29.8 Å². The molecule has 1 saturated heterocycles. The van der Waals surface area contributed by atoms with Crippen molar-refractivity contribution >= 4 is 11.6 Å². The summed E-state index contributed by atoms with van der Waals surface area (Å²) in [5, 5.41) is 6.27. The van der Waals surface area contributed by atoms with Crippen LogP contribution in [0.4, 0.5) is 5.69 Å². The highest BCUT2D eigenvalue weighted by Crippen LogP contribution is 2.25. The number of rotatable bonds is 3. The fourth-order valence-corrected chi connectivity index (χ4v) is 2.76. The summed E-state index contributed by atoms with van der Waals surface area (Å²) in [6.07, 6.45) is 4.37. The number of para-hydroxylation sites is 1. The maximum atomic E-state index is 12.1. The Kier molecular flexibility index (Phi) is 3.69. The van der Waals surface area contributed by atoms with Gasteiger partial charge in [-0.15, -0.1) is 0 Å². The predicted molar refractivity (Wildman–Crippen MR) is 74.2 cm³/mol. The molecule has 1 aromatic carbocycles. The number of carbonyl (C=O) groups is 1. The van der Waals surface area contributed by atoms with Crippen LogP contribution < -0.4 is 10.6 Å². The van der Waals surface area contributed by atoms with Crippen LogP contribution in [0.5, 0.6) is 0 Å². The molecule has 2 atom stereocenters. The first-order valence-corrected chi connectivity index (χ1v) is 7.07. The highest BCUT2D eigenvalue weighted by atomic mass is 16.5. The number of hydrogen-bond donors (Lipinski definition) is 2. The van der Waals surface area contributed by atoms with E-state index in [0.29, 0.717) is 6.54 Å². The molecular weight excluding hydrogens is 240 g/mol. The third-order valence-electron chi connectivity index (χ3n) is 3.87. The van der Waals surface area contributed by atoms with Gasteiger partial charge in [0.2, 0.25) is 5.91 Å². The minimum atomic E-state index is -0.138. The lowest BCUT2D eigenvalue weighted by Gasteiger charge is -2.23. The molecule has 2 aliphatic heterocycles. The quantitative estimate of drug-likeness (QED) is 0.870. The van der Waals surface area contributed by atoms with E-state index in [9.17, 15) is 4.79 Å². The van der Waals surface area contributed by atoms with Gasteiger partial charge in [0.05, 0.1) is 6.10 Å². The zero-order valence-electron chi connectivity index (χ0n) is 11.0. The monoisotopic (exact) mass is 260 g/mol. The normalized spacial score (nSPS) is 25.5. The van der Waals surface area contributed by atoms with Crippen LogP contribution in [-0.4, -0.2) is 31.2 Å². The maximum Gasteiger partial charge on any atom is 0.242 e. The van der Waals surface area contributed by atoms with Gasteiger partial charge in [-0.2, -0.15) is 0 Å². The minimum Gasteiger partial charge on any atom is -0.376 e. The van der Waals surface area contributed by atoms with Gasteiger partial charge in [0.25, 0.3) is 0 Å². The van der Waals surface area contributed by atoms with Crippen LogP contribution in [0.2, 0.25) is 0 Å². The summed E-state index contributed by atoms with van der Waals surface area (Å²) in [7, 11) is 0. The van der Waals surface area contributed by atoms with Crippen molar-refractivity contribution in [1.29, 1.82) is 0 Å². The SMILES string of the molecule is O=C(NCC1CCCCO1)[C@@H]1Cc2ccccc2N1. The second-order valence-corrected chi connectivity index (χ2v) is 5.29. The highest BCUT2D eigenvalue weighted by Gasteiger charge is 2.26. The topological polar surface area (TPSA) is 50.4 Å². The first-order chi connectivity index (χ1) is 9.33. The van der Waals surface area contributed by atoms with Crippen molar-refractivity contribution in [2.24, 2.45) is 0 Å². The van der Waals surface area contributed by atoms with Crippen LogP contribution in [0.1, 0.15) is 24.8 Å². The van der Waals surface area contributed by atoms with Gasteiger partial charge >= 0.3 is 0 Å². The number of nitrogens with one attached hydrogen (secondary N) is 2. The molecule has 4 heteroatoms. The first kappa shape index (κ1) is 12.5. The molecule has 1 aromatic rings. The van der Waals surface area contributed by atoms with Gasteiger partial charge in [0, 0.05) is 25.3 Å². The van der Waals surface area contributed by atoms with Crippen molar-refractivity contribution in [3.8, 4) is 0 Å². The van der Waals surface area contributed by atoms with E-state index in [1.165, 1.54) is 12.0 Å². The molecule has 0 aliphatic carbocycles. The lowest BCUT2D eigenvalue weighted by Crippen LogP contribution is -2.43. The third-order valence-corrected chi connectivity index (χ3v) is 3.87. The molecule has 2 N–H and O–H groups in total. The van der Waals surface area contributed by atoms with Gasteiger partial charge in [-0.3, -0.25) is 4.79 Å². The summed E-state index contributed by atoms with van der Waals surface area (Å²) in [4.78, 5) is 12.1. The molecule has 0 aromatic heterocycles. The second kappa shape index (κ2) is 5.61. The Bertz CT molecular complexity index is 430. The van der Waals surface area contributed by atoms with Gasteiger partial charge in [-0.05, 0) is 30.9 Å². The molecule has 0 radical (unpaired) electrons. The molecule has 4 nitrogen and oxygen atoms in total. The lowest BCUT2D eigenvalue weighted by atomic mass is 10.1. The van der Waals surface area contributed by atoms with E-state index >= 15 is 0 Å². The molecule has 0 spiro atoms. The molecule has 2 aliphatic rings. The third kappa shape index (κ3) is 2.89. The van der Waals surface area contributed by atoms with E-state index in [0.717, 1.165) is 31.6 Å². The van der Waals surface area contributed by atoms with Crippen LogP contribution in [0.25, 0.3) is 0 Å². The number of carbonyl (C=O) groups excluding carboxylic acids is 1. The summed E-state index contributed by atoms with van der Waals surface area (Å²) in [5.41, 5.74) is 2.30. The van der Waals surface area contributed by atoms with Crippen molar-refractivity contribution in [2.45, 2.75) is 37.8 Å². The van der Waals surface area contributed by atoms with Crippen molar-refractivity contribution in [3.63, 3.8) is 0 Å². The average Bonchev–Trinajstić information content (AvgIpc) is 2.90. The van der Waals surface area contributed by atoms with Crippen LogP contribution in [0.15, 0.2) is 24.3 Å². The Morgan fingerprint density at radius 3 is 3.05 bits per heavy atom. The van der Waals surface area contributed by atoms with Crippen LogP contribution >= 0.6 is 0 Å². The van der Waals surface area contributed by atoms with Crippen LogP contribution in [0, 0.1) is 0 Å². The van der Waals surface area contributed by atoms with Crippen LogP contribution in [0.3, 0.4) is 0 Å². The zero-order valence-corrected chi connectivity index (χ0v) is 11.0. The molecule has 3 rings (SSSR count). The van der Waals surface area contributed by atoms with Gasteiger partial charge in [0.15, 0.2) is 0 Å². The van der Waals surface area contributed by atoms with E-state index in [-0.39, 0.29) is 18.1 Å². The fraction of sp³-hybridized carbons (Fsp3) is 0.533. The fourth-order valence-electron chi connectivity index (χ4n) is 2.76. The van der Waals surface area contributed by atoms with Gasteiger partial charge in [-0.1, -0.05) is 18.2 Å². The number of fused-ring (bicyclic) bond motifs is 1. The van der Waals surface area contributed by atoms with Gasteiger partial charge in [0.1, 0.15) is 6.04 Å². The molecule has 1 amide bonds. The Labute approximate surface area is 113 Å².